The van der Waals surface area contributed by atoms with Gasteiger partial charge in [0.1, 0.15) is 0 Å². The number of methoxy groups -OCH3 is 1. The first kappa shape index (κ1) is 12.6. The molecule has 0 spiro atoms. The number of esters is 1. The highest BCUT2D eigenvalue weighted by molar-refractivity contribution is 5.90. The number of hydrogen-bond acceptors (Lipinski definition) is 4. The fourth-order valence-corrected chi connectivity index (χ4v) is 0.899. The second-order valence-electron chi connectivity index (χ2n) is 2.23. The van der Waals surface area contributed by atoms with E-state index >= 15 is 0 Å². The van der Waals surface area contributed by atoms with Crippen LogP contribution in [0.4, 0.5) is 0 Å². The van der Waals surface area contributed by atoms with E-state index in [4.69, 9.17) is 5.73 Å². The average molecular weight is 196 g/mol. The SMILES string of the molecule is CC.COC(=O)c1ccncc1CN. The van der Waals surface area contributed by atoms with E-state index in [1.165, 1.54) is 13.3 Å². The Morgan fingerprint density at radius 2 is 2.21 bits per heavy atom. The van der Waals surface area contributed by atoms with Crippen LogP contribution in [0.15, 0.2) is 18.5 Å². The van der Waals surface area contributed by atoms with Crippen LogP contribution in [0.2, 0.25) is 0 Å². The summed E-state index contributed by atoms with van der Waals surface area (Å²) in [7, 11) is 1.34. The molecule has 0 unspecified atom stereocenters. The summed E-state index contributed by atoms with van der Waals surface area (Å²) in [5, 5.41) is 0. The van der Waals surface area contributed by atoms with Gasteiger partial charge in [-0.2, -0.15) is 0 Å². The number of carbonyl (C=O) groups is 1. The van der Waals surface area contributed by atoms with Crippen LogP contribution < -0.4 is 5.73 Å². The first-order valence-electron chi connectivity index (χ1n) is 4.51. The van der Waals surface area contributed by atoms with Gasteiger partial charge in [-0.15, -0.1) is 0 Å². The topological polar surface area (TPSA) is 65.2 Å². The zero-order valence-electron chi connectivity index (χ0n) is 8.78. The van der Waals surface area contributed by atoms with Gasteiger partial charge in [-0.3, -0.25) is 4.98 Å². The zero-order chi connectivity index (χ0) is 11.0. The van der Waals surface area contributed by atoms with E-state index in [1.54, 1.807) is 12.3 Å². The number of hydrogen-bond donors (Lipinski definition) is 1. The van der Waals surface area contributed by atoms with Crippen LogP contribution in [-0.4, -0.2) is 18.1 Å². The first-order chi connectivity index (χ1) is 6.79. The Labute approximate surface area is 84.1 Å². The molecule has 1 aromatic heterocycles. The van der Waals surface area contributed by atoms with Gasteiger partial charge in [-0.25, -0.2) is 4.79 Å². The Morgan fingerprint density at radius 1 is 1.57 bits per heavy atom. The van der Waals surface area contributed by atoms with Gasteiger partial charge in [0.05, 0.1) is 12.7 Å². The molecule has 0 bridgehead atoms. The van der Waals surface area contributed by atoms with Crippen molar-refractivity contribution in [3.63, 3.8) is 0 Å². The van der Waals surface area contributed by atoms with E-state index in [0.717, 1.165) is 0 Å². The summed E-state index contributed by atoms with van der Waals surface area (Å²) in [6.45, 7) is 4.29. The average Bonchev–Trinajstić information content (AvgIpc) is 2.30. The maximum absolute atomic E-state index is 11.1. The van der Waals surface area contributed by atoms with E-state index in [1.807, 2.05) is 13.8 Å². The Bertz CT molecular complexity index is 287. The smallest absolute Gasteiger partial charge is 0.338 e. The maximum atomic E-state index is 11.1. The third kappa shape index (κ3) is 3.14. The van der Waals surface area contributed by atoms with Gasteiger partial charge in [0.15, 0.2) is 0 Å². The van der Waals surface area contributed by atoms with Crippen molar-refractivity contribution in [1.82, 2.24) is 4.98 Å². The van der Waals surface area contributed by atoms with Gasteiger partial charge in [0.2, 0.25) is 0 Å². The Hall–Kier alpha value is -1.42. The summed E-state index contributed by atoms with van der Waals surface area (Å²) >= 11 is 0. The van der Waals surface area contributed by atoms with Crippen LogP contribution in [0.5, 0.6) is 0 Å². The molecule has 4 heteroatoms. The van der Waals surface area contributed by atoms with Crippen LogP contribution in [0.1, 0.15) is 29.8 Å². The van der Waals surface area contributed by atoms with Gasteiger partial charge >= 0.3 is 5.97 Å². The molecule has 0 saturated carbocycles. The van der Waals surface area contributed by atoms with E-state index < -0.39 is 0 Å². The molecule has 0 atom stereocenters. The second kappa shape index (κ2) is 7.03. The van der Waals surface area contributed by atoms with Crippen molar-refractivity contribution >= 4 is 5.97 Å². The number of nitrogens with two attached hydrogens (primary N) is 1. The number of carbonyl (C=O) groups excluding carboxylic acids is 1. The van der Waals surface area contributed by atoms with Crippen LogP contribution in [0.25, 0.3) is 0 Å². The molecule has 0 radical (unpaired) electrons. The fourth-order valence-electron chi connectivity index (χ4n) is 0.899. The van der Waals surface area contributed by atoms with Crippen molar-refractivity contribution in [2.45, 2.75) is 20.4 Å². The molecule has 0 aliphatic carbocycles. The van der Waals surface area contributed by atoms with Crippen LogP contribution in [0, 0.1) is 0 Å². The molecule has 0 aliphatic heterocycles. The van der Waals surface area contributed by atoms with Gasteiger partial charge < -0.3 is 10.5 Å². The van der Waals surface area contributed by atoms with Crippen molar-refractivity contribution in [2.24, 2.45) is 5.73 Å². The minimum absolute atomic E-state index is 0.290. The third-order valence-electron chi connectivity index (χ3n) is 1.53. The Kier molecular flexibility index (Phi) is 6.32. The van der Waals surface area contributed by atoms with E-state index in [0.29, 0.717) is 11.1 Å². The predicted octanol–water partition coefficient (Wildman–Crippen LogP) is 1.35. The fraction of sp³-hybridized carbons (Fsp3) is 0.400. The van der Waals surface area contributed by atoms with E-state index in [2.05, 4.69) is 9.72 Å². The van der Waals surface area contributed by atoms with Crippen molar-refractivity contribution in [2.75, 3.05) is 7.11 Å². The predicted molar refractivity (Wildman–Crippen MR) is 54.8 cm³/mol. The van der Waals surface area contributed by atoms with Crippen LogP contribution >= 0.6 is 0 Å². The molecule has 0 aliphatic rings. The van der Waals surface area contributed by atoms with E-state index in [-0.39, 0.29) is 12.5 Å². The molecule has 0 amide bonds. The highest BCUT2D eigenvalue weighted by Gasteiger charge is 2.09. The molecule has 1 heterocycles. The van der Waals surface area contributed by atoms with Crippen LogP contribution in [0.3, 0.4) is 0 Å². The van der Waals surface area contributed by atoms with E-state index in [9.17, 15) is 4.79 Å². The number of ether oxygens (including phenoxy) is 1. The van der Waals surface area contributed by atoms with Crippen molar-refractivity contribution in [3.05, 3.63) is 29.6 Å². The van der Waals surface area contributed by atoms with Gasteiger partial charge in [-0.05, 0) is 11.6 Å². The highest BCUT2D eigenvalue weighted by atomic mass is 16.5. The summed E-state index contributed by atoms with van der Waals surface area (Å²) in [5.41, 5.74) is 6.58. The quantitative estimate of drug-likeness (QED) is 0.725. The van der Waals surface area contributed by atoms with Crippen molar-refractivity contribution in [1.29, 1.82) is 0 Å². The minimum Gasteiger partial charge on any atom is -0.465 e. The standard InChI is InChI=1S/C8H10N2O2.C2H6/c1-12-8(11)7-2-3-10-5-6(7)4-9;1-2/h2-3,5H,4,9H2,1H3;1-2H3. The monoisotopic (exact) mass is 196 g/mol. The normalized spacial score (nSPS) is 8.57. The lowest BCUT2D eigenvalue weighted by Crippen LogP contribution is -2.09. The lowest BCUT2D eigenvalue weighted by molar-refractivity contribution is 0.0599. The third-order valence-corrected chi connectivity index (χ3v) is 1.53. The van der Waals surface area contributed by atoms with Crippen molar-refractivity contribution in [3.8, 4) is 0 Å². The molecule has 0 saturated heterocycles. The summed E-state index contributed by atoms with van der Waals surface area (Å²) in [6, 6.07) is 1.59. The molecular formula is C10H16N2O2. The van der Waals surface area contributed by atoms with Crippen LogP contribution in [-0.2, 0) is 11.3 Å². The second-order valence-corrected chi connectivity index (χ2v) is 2.23. The molecule has 2 N–H and O–H groups in total. The highest BCUT2D eigenvalue weighted by Crippen LogP contribution is 2.06. The summed E-state index contributed by atoms with van der Waals surface area (Å²) in [5.74, 6) is -0.377. The summed E-state index contributed by atoms with van der Waals surface area (Å²) in [4.78, 5) is 14.9. The molecular weight excluding hydrogens is 180 g/mol. The minimum atomic E-state index is -0.377. The summed E-state index contributed by atoms with van der Waals surface area (Å²) < 4.78 is 4.56. The molecule has 0 aromatic carbocycles. The zero-order valence-corrected chi connectivity index (χ0v) is 8.78. The lowest BCUT2D eigenvalue weighted by atomic mass is 10.1. The Morgan fingerprint density at radius 3 is 2.71 bits per heavy atom. The molecule has 1 rings (SSSR count). The van der Waals surface area contributed by atoms with Gasteiger partial charge in [0, 0.05) is 18.9 Å². The lowest BCUT2D eigenvalue weighted by Gasteiger charge is -2.03. The largest absolute Gasteiger partial charge is 0.465 e. The molecule has 1 aromatic rings. The molecule has 78 valence electrons. The van der Waals surface area contributed by atoms with Gasteiger partial charge in [0.25, 0.3) is 0 Å². The van der Waals surface area contributed by atoms with Crippen molar-refractivity contribution < 1.29 is 9.53 Å². The molecule has 14 heavy (non-hydrogen) atoms. The first-order valence-corrected chi connectivity index (χ1v) is 4.51. The summed E-state index contributed by atoms with van der Waals surface area (Å²) in [6.07, 6.45) is 3.09. The number of aromatic nitrogens is 1. The molecule has 4 nitrogen and oxygen atoms in total. The maximum Gasteiger partial charge on any atom is 0.338 e. The number of pyridine rings is 1. The number of nitrogens with zero attached hydrogens (tertiary/aromatic N) is 1. The molecule has 0 fully saturated rings. The Balaban J connectivity index is 0.000000791. The van der Waals surface area contributed by atoms with Gasteiger partial charge in [-0.1, -0.05) is 13.8 Å². The number of rotatable bonds is 2.